The maximum atomic E-state index is 13.2. The summed E-state index contributed by atoms with van der Waals surface area (Å²) in [5.74, 6) is -0.986. The van der Waals surface area contributed by atoms with E-state index in [1.165, 1.54) is 0 Å². The van der Waals surface area contributed by atoms with E-state index < -0.39 is 42.5 Å². The van der Waals surface area contributed by atoms with Gasteiger partial charge in [-0.05, 0) is 50.9 Å². The Morgan fingerprint density at radius 3 is 2.17 bits per heavy atom. The Bertz CT molecular complexity index is 637. The molecule has 0 bridgehead atoms. The number of halogens is 4. The summed E-state index contributed by atoms with van der Waals surface area (Å²) in [6.07, 6.45) is -3.59. The molecule has 1 N–H and O–H groups in total. The standard InChI is InChI=1S/C16H19BF4O3/c1-14(2)15(3,4)24-17(23-14)11(9-22)7-10-5-6-12(18)8-13(10)16(19,20)21/h5-8,22H,9H2,1-4H3. The summed E-state index contributed by atoms with van der Waals surface area (Å²) in [5.41, 5.74) is -2.64. The van der Waals surface area contributed by atoms with Gasteiger partial charge in [-0.25, -0.2) is 4.39 Å². The third-order valence-corrected chi connectivity index (χ3v) is 4.40. The van der Waals surface area contributed by atoms with Gasteiger partial charge in [-0.3, -0.25) is 0 Å². The van der Waals surface area contributed by atoms with Crippen LogP contribution < -0.4 is 0 Å². The average molecular weight is 346 g/mol. The first-order valence-corrected chi connectivity index (χ1v) is 7.41. The van der Waals surface area contributed by atoms with E-state index in [0.717, 1.165) is 18.2 Å². The van der Waals surface area contributed by atoms with Crippen LogP contribution in [0.25, 0.3) is 6.08 Å². The lowest BCUT2D eigenvalue weighted by Crippen LogP contribution is -2.41. The minimum atomic E-state index is -4.72. The average Bonchev–Trinajstić information content (AvgIpc) is 2.64. The van der Waals surface area contributed by atoms with Gasteiger partial charge in [-0.1, -0.05) is 12.1 Å². The summed E-state index contributed by atoms with van der Waals surface area (Å²) in [7, 11) is -0.980. The van der Waals surface area contributed by atoms with Gasteiger partial charge in [0.2, 0.25) is 0 Å². The third-order valence-electron chi connectivity index (χ3n) is 4.40. The van der Waals surface area contributed by atoms with Gasteiger partial charge in [-0.2, -0.15) is 13.2 Å². The van der Waals surface area contributed by atoms with Crippen molar-refractivity contribution in [3.05, 3.63) is 40.6 Å². The van der Waals surface area contributed by atoms with Crippen molar-refractivity contribution < 1.29 is 32.0 Å². The SMILES string of the molecule is CC1(C)OB(C(=Cc2ccc(F)cc2C(F)(F)F)CO)OC1(C)C. The molecule has 1 fully saturated rings. The first-order valence-electron chi connectivity index (χ1n) is 7.41. The molecule has 3 nitrogen and oxygen atoms in total. The largest absolute Gasteiger partial charge is 0.492 e. The zero-order valence-corrected chi connectivity index (χ0v) is 13.9. The summed E-state index contributed by atoms with van der Waals surface area (Å²) in [5, 5.41) is 9.55. The number of aliphatic hydroxyl groups excluding tert-OH is 1. The Kier molecular flexibility index (Phi) is 4.87. The smallest absolute Gasteiger partial charge is 0.400 e. The molecule has 0 spiro atoms. The van der Waals surface area contributed by atoms with E-state index in [0.29, 0.717) is 6.07 Å². The molecule has 24 heavy (non-hydrogen) atoms. The van der Waals surface area contributed by atoms with E-state index in [4.69, 9.17) is 9.31 Å². The van der Waals surface area contributed by atoms with E-state index in [1.54, 1.807) is 27.7 Å². The van der Waals surface area contributed by atoms with Crippen LogP contribution >= 0.6 is 0 Å². The van der Waals surface area contributed by atoms with Crippen LogP contribution in [0.1, 0.15) is 38.8 Å². The molecule has 2 rings (SSSR count). The molecule has 132 valence electrons. The number of hydrogen-bond donors (Lipinski definition) is 1. The van der Waals surface area contributed by atoms with Crippen LogP contribution in [0, 0.1) is 5.82 Å². The Morgan fingerprint density at radius 2 is 1.71 bits per heavy atom. The Labute approximate surface area is 138 Å². The van der Waals surface area contributed by atoms with Crippen molar-refractivity contribution >= 4 is 13.2 Å². The lowest BCUT2D eigenvalue weighted by Gasteiger charge is -2.32. The van der Waals surface area contributed by atoms with Crippen molar-refractivity contribution in [2.24, 2.45) is 0 Å². The molecular weight excluding hydrogens is 327 g/mol. The van der Waals surface area contributed by atoms with Gasteiger partial charge in [-0.15, -0.1) is 0 Å². The minimum Gasteiger partial charge on any atom is -0.400 e. The molecular formula is C16H19BF4O3. The molecule has 0 atom stereocenters. The van der Waals surface area contributed by atoms with Crippen LogP contribution in [0.5, 0.6) is 0 Å². The van der Waals surface area contributed by atoms with Gasteiger partial charge in [0, 0.05) is 0 Å². The lowest BCUT2D eigenvalue weighted by atomic mass is 9.77. The molecule has 0 radical (unpaired) electrons. The fourth-order valence-corrected chi connectivity index (χ4v) is 2.28. The van der Waals surface area contributed by atoms with Crippen LogP contribution in [0.2, 0.25) is 0 Å². The van der Waals surface area contributed by atoms with Gasteiger partial charge in [0.05, 0.1) is 23.4 Å². The molecule has 0 saturated carbocycles. The highest BCUT2D eigenvalue weighted by Crippen LogP contribution is 2.39. The van der Waals surface area contributed by atoms with Crippen molar-refractivity contribution in [3.8, 4) is 0 Å². The first-order chi connectivity index (χ1) is 10.9. The van der Waals surface area contributed by atoms with Crippen LogP contribution in [0.15, 0.2) is 23.7 Å². The zero-order valence-electron chi connectivity index (χ0n) is 13.9. The highest BCUT2D eigenvalue weighted by atomic mass is 19.4. The number of alkyl halides is 3. The van der Waals surface area contributed by atoms with E-state index in [-0.39, 0.29) is 11.0 Å². The van der Waals surface area contributed by atoms with E-state index in [2.05, 4.69) is 0 Å². The third kappa shape index (κ3) is 3.65. The zero-order chi connectivity index (χ0) is 18.3. The van der Waals surface area contributed by atoms with Crippen LogP contribution in [0.3, 0.4) is 0 Å². The quantitative estimate of drug-likeness (QED) is 0.667. The van der Waals surface area contributed by atoms with Gasteiger partial charge >= 0.3 is 13.3 Å². The van der Waals surface area contributed by atoms with E-state index >= 15 is 0 Å². The van der Waals surface area contributed by atoms with Crippen molar-refractivity contribution in [2.45, 2.75) is 45.1 Å². The van der Waals surface area contributed by atoms with Gasteiger partial charge in [0.15, 0.2) is 0 Å². The molecule has 8 heteroatoms. The van der Waals surface area contributed by atoms with Gasteiger partial charge in [0.1, 0.15) is 5.82 Å². The second kappa shape index (κ2) is 6.17. The van der Waals surface area contributed by atoms with Gasteiger partial charge in [0.25, 0.3) is 0 Å². The Balaban J connectivity index is 2.43. The second-order valence-electron chi connectivity index (χ2n) is 6.69. The summed E-state index contributed by atoms with van der Waals surface area (Å²) >= 11 is 0. The van der Waals surface area contributed by atoms with Crippen LogP contribution in [0.4, 0.5) is 17.6 Å². The fourth-order valence-electron chi connectivity index (χ4n) is 2.28. The van der Waals surface area contributed by atoms with Crippen molar-refractivity contribution in [1.29, 1.82) is 0 Å². The summed E-state index contributed by atoms with van der Waals surface area (Å²) in [6, 6.07) is 2.37. The van der Waals surface area contributed by atoms with E-state index in [9.17, 15) is 22.7 Å². The van der Waals surface area contributed by atoms with Crippen molar-refractivity contribution in [1.82, 2.24) is 0 Å². The van der Waals surface area contributed by atoms with Crippen LogP contribution in [-0.2, 0) is 15.5 Å². The molecule has 1 saturated heterocycles. The summed E-state index contributed by atoms with van der Waals surface area (Å²) in [6.45, 7) is 6.62. The number of benzene rings is 1. The Morgan fingerprint density at radius 1 is 1.17 bits per heavy atom. The normalized spacial score (nSPS) is 20.5. The number of rotatable bonds is 3. The predicted octanol–water partition coefficient (Wildman–Crippen LogP) is 3.85. The fraction of sp³-hybridized carbons (Fsp3) is 0.500. The van der Waals surface area contributed by atoms with Crippen LogP contribution in [-0.4, -0.2) is 30.0 Å². The maximum absolute atomic E-state index is 13.2. The molecule has 1 aromatic carbocycles. The summed E-state index contributed by atoms with van der Waals surface area (Å²) in [4.78, 5) is 0. The minimum absolute atomic E-state index is 0.130. The van der Waals surface area contributed by atoms with E-state index in [1.807, 2.05) is 0 Å². The lowest BCUT2D eigenvalue weighted by molar-refractivity contribution is -0.137. The molecule has 0 unspecified atom stereocenters. The molecule has 1 aliphatic heterocycles. The number of aliphatic hydroxyl groups is 1. The molecule has 1 aromatic rings. The molecule has 0 aromatic heterocycles. The monoisotopic (exact) mass is 346 g/mol. The number of hydrogen-bond acceptors (Lipinski definition) is 3. The highest BCUT2D eigenvalue weighted by molar-refractivity contribution is 6.55. The Hall–Kier alpha value is -1.38. The van der Waals surface area contributed by atoms with Crippen molar-refractivity contribution in [2.75, 3.05) is 6.61 Å². The predicted molar refractivity (Wildman–Crippen MR) is 82.5 cm³/mol. The van der Waals surface area contributed by atoms with Crippen molar-refractivity contribution in [3.63, 3.8) is 0 Å². The van der Waals surface area contributed by atoms with Gasteiger partial charge < -0.3 is 14.4 Å². The summed E-state index contributed by atoms with van der Waals surface area (Å²) < 4.78 is 63.9. The maximum Gasteiger partial charge on any atom is 0.492 e. The highest BCUT2D eigenvalue weighted by Gasteiger charge is 2.52. The topological polar surface area (TPSA) is 38.7 Å². The molecule has 1 aliphatic rings. The molecule has 0 aliphatic carbocycles. The molecule has 0 amide bonds. The molecule has 1 heterocycles. The second-order valence-corrected chi connectivity index (χ2v) is 6.69. The first kappa shape index (κ1) is 19.0.